The highest BCUT2D eigenvalue weighted by Crippen LogP contribution is 2.16. The average molecular weight is 285 g/mol. The third-order valence-corrected chi connectivity index (χ3v) is 4.40. The molecule has 0 radical (unpaired) electrons. The van der Waals surface area contributed by atoms with Crippen LogP contribution in [0, 0.1) is 0 Å². The van der Waals surface area contributed by atoms with Crippen molar-refractivity contribution in [1.82, 2.24) is 4.72 Å². The lowest BCUT2D eigenvalue weighted by molar-refractivity contribution is -0.142. The van der Waals surface area contributed by atoms with Gasteiger partial charge in [-0.2, -0.15) is 0 Å². The average Bonchev–Trinajstić information content (AvgIpc) is 2.37. The van der Waals surface area contributed by atoms with Gasteiger partial charge in [0.15, 0.2) is 0 Å². The normalized spacial score (nSPS) is 14.7. The van der Waals surface area contributed by atoms with E-state index in [1.165, 1.54) is 14.0 Å². The van der Waals surface area contributed by atoms with Crippen LogP contribution in [-0.2, 0) is 19.6 Å². The van der Waals surface area contributed by atoms with Gasteiger partial charge in [0.1, 0.15) is 6.04 Å². The molecule has 0 fully saturated rings. The predicted molar refractivity (Wildman–Crippen MR) is 73.3 cm³/mol. The Balaban J connectivity index is 2.67. The van der Waals surface area contributed by atoms with E-state index in [1.54, 1.807) is 0 Å². The molecule has 0 saturated carbocycles. The molecule has 0 amide bonds. The number of carbonyl (C=O) groups is 1. The van der Waals surface area contributed by atoms with Crippen molar-refractivity contribution in [2.24, 2.45) is 0 Å². The molecule has 106 valence electrons. The standard InChI is InChI=1S/C13H19NO4S/c1-10(12-7-5-4-6-8-12)9-19(16,17)14-11(2)13(15)18-3/h4-8,10-11,14H,9H2,1-3H3. The molecule has 1 aromatic carbocycles. The Morgan fingerprint density at radius 2 is 1.84 bits per heavy atom. The zero-order valence-corrected chi connectivity index (χ0v) is 12.1. The van der Waals surface area contributed by atoms with E-state index in [4.69, 9.17) is 0 Å². The summed E-state index contributed by atoms with van der Waals surface area (Å²) in [5, 5.41) is 0. The number of carbonyl (C=O) groups excluding carboxylic acids is 1. The molecule has 19 heavy (non-hydrogen) atoms. The lowest BCUT2D eigenvalue weighted by Crippen LogP contribution is -2.41. The maximum Gasteiger partial charge on any atom is 0.323 e. The number of rotatable bonds is 6. The Hall–Kier alpha value is -1.40. The van der Waals surface area contributed by atoms with E-state index in [-0.39, 0.29) is 11.7 Å². The zero-order valence-electron chi connectivity index (χ0n) is 11.3. The molecule has 0 aliphatic heterocycles. The molecule has 0 aromatic heterocycles. The summed E-state index contributed by atoms with van der Waals surface area (Å²) in [7, 11) is -2.31. The minimum absolute atomic E-state index is 0.0711. The summed E-state index contributed by atoms with van der Waals surface area (Å²) < 4.78 is 30.6. The third-order valence-electron chi connectivity index (χ3n) is 2.75. The molecule has 0 saturated heterocycles. The van der Waals surface area contributed by atoms with Gasteiger partial charge in [0.05, 0.1) is 12.9 Å². The van der Waals surface area contributed by atoms with Crippen molar-refractivity contribution in [2.75, 3.05) is 12.9 Å². The van der Waals surface area contributed by atoms with Gasteiger partial charge < -0.3 is 4.74 Å². The van der Waals surface area contributed by atoms with Crippen molar-refractivity contribution in [3.8, 4) is 0 Å². The highest BCUT2D eigenvalue weighted by Gasteiger charge is 2.23. The monoisotopic (exact) mass is 285 g/mol. The van der Waals surface area contributed by atoms with Crippen LogP contribution in [0.5, 0.6) is 0 Å². The predicted octanol–water partition coefficient (Wildman–Crippen LogP) is 1.27. The van der Waals surface area contributed by atoms with Crippen LogP contribution >= 0.6 is 0 Å². The van der Waals surface area contributed by atoms with Gasteiger partial charge in [0.25, 0.3) is 0 Å². The SMILES string of the molecule is COC(=O)C(C)NS(=O)(=O)CC(C)c1ccccc1. The molecule has 2 unspecified atom stereocenters. The molecule has 0 spiro atoms. The summed E-state index contributed by atoms with van der Waals surface area (Å²) in [6.07, 6.45) is 0. The summed E-state index contributed by atoms with van der Waals surface area (Å²) in [6.45, 7) is 3.29. The van der Waals surface area contributed by atoms with Crippen LogP contribution in [0.3, 0.4) is 0 Å². The van der Waals surface area contributed by atoms with E-state index in [2.05, 4.69) is 9.46 Å². The highest BCUT2D eigenvalue weighted by molar-refractivity contribution is 7.89. The van der Waals surface area contributed by atoms with Gasteiger partial charge in [-0.05, 0) is 18.4 Å². The topological polar surface area (TPSA) is 72.5 Å². The first-order valence-electron chi connectivity index (χ1n) is 5.98. The molecule has 1 rings (SSSR count). The van der Waals surface area contributed by atoms with Crippen LogP contribution in [0.15, 0.2) is 30.3 Å². The van der Waals surface area contributed by atoms with Crippen molar-refractivity contribution in [1.29, 1.82) is 0 Å². The minimum atomic E-state index is -3.53. The molecule has 0 bridgehead atoms. The van der Waals surface area contributed by atoms with Gasteiger partial charge in [-0.15, -0.1) is 0 Å². The van der Waals surface area contributed by atoms with Crippen LogP contribution < -0.4 is 4.72 Å². The fraction of sp³-hybridized carbons (Fsp3) is 0.462. The minimum Gasteiger partial charge on any atom is -0.468 e. The summed E-state index contributed by atoms with van der Waals surface area (Å²) >= 11 is 0. The van der Waals surface area contributed by atoms with E-state index >= 15 is 0 Å². The van der Waals surface area contributed by atoms with Gasteiger partial charge in [0, 0.05) is 0 Å². The fourth-order valence-corrected chi connectivity index (χ4v) is 3.33. The number of sulfonamides is 1. The third kappa shape index (κ3) is 5.00. The van der Waals surface area contributed by atoms with Crippen LogP contribution in [0.1, 0.15) is 25.3 Å². The largest absolute Gasteiger partial charge is 0.468 e. The molecule has 0 heterocycles. The lowest BCUT2D eigenvalue weighted by atomic mass is 10.0. The molecule has 1 aromatic rings. The molecule has 5 nitrogen and oxygen atoms in total. The second-order valence-electron chi connectivity index (χ2n) is 4.46. The van der Waals surface area contributed by atoms with Gasteiger partial charge in [-0.25, -0.2) is 13.1 Å². The van der Waals surface area contributed by atoms with E-state index in [1.807, 2.05) is 37.3 Å². The van der Waals surface area contributed by atoms with Crippen molar-refractivity contribution >= 4 is 16.0 Å². The lowest BCUT2D eigenvalue weighted by Gasteiger charge is -2.15. The highest BCUT2D eigenvalue weighted by atomic mass is 32.2. The Kier molecular flexibility index (Phi) is 5.50. The molecule has 6 heteroatoms. The number of nitrogens with one attached hydrogen (secondary N) is 1. The first-order valence-corrected chi connectivity index (χ1v) is 7.63. The first kappa shape index (κ1) is 15.7. The first-order chi connectivity index (χ1) is 8.85. The summed E-state index contributed by atoms with van der Waals surface area (Å²) in [6, 6.07) is 8.49. The van der Waals surface area contributed by atoms with Crippen LogP contribution in [-0.4, -0.2) is 33.3 Å². The van der Waals surface area contributed by atoms with Crippen molar-refractivity contribution in [3.63, 3.8) is 0 Å². The second kappa shape index (κ2) is 6.68. The van der Waals surface area contributed by atoms with Gasteiger partial charge in [-0.3, -0.25) is 4.79 Å². The molecule has 1 N–H and O–H groups in total. The van der Waals surface area contributed by atoms with Crippen LogP contribution in [0.2, 0.25) is 0 Å². The van der Waals surface area contributed by atoms with Gasteiger partial charge >= 0.3 is 5.97 Å². The van der Waals surface area contributed by atoms with E-state index in [0.717, 1.165) is 5.56 Å². The Labute approximate surface area is 114 Å². The number of hydrogen-bond donors (Lipinski definition) is 1. The smallest absolute Gasteiger partial charge is 0.323 e. The fourth-order valence-electron chi connectivity index (χ4n) is 1.75. The van der Waals surface area contributed by atoms with E-state index < -0.39 is 22.0 Å². The van der Waals surface area contributed by atoms with Crippen LogP contribution in [0.4, 0.5) is 0 Å². The number of ether oxygens (including phenoxy) is 1. The van der Waals surface area contributed by atoms with Gasteiger partial charge in [0.2, 0.25) is 10.0 Å². The van der Waals surface area contributed by atoms with Crippen molar-refractivity contribution in [2.45, 2.75) is 25.8 Å². The maximum atomic E-state index is 11.9. The second-order valence-corrected chi connectivity index (χ2v) is 6.25. The molecule has 2 atom stereocenters. The summed E-state index contributed by atoms with van der Waals surface area (Å²) in [5.41, 5.74) is 0.943. The van der Waals surface area contributed by atoms with E-state index in [9.17, 15) is 13.2 Å². The maximum absolute atomic E-state index is 11.9. The quantitative estimate of drug-likeness (QED) is 0.799. The Bertz CT molecular complexity index is 513. The molecule has 0 aliphatic carbocycles. The zero-order chi connectivity index (χ0) is 14.5. The Morgan fingerprint density at radius 3 is 2.37 bits per heavy atom. The van der Waals surface area contributed by atoms with Crippen molar-refractivity contribution < 1.29 is 17.9 Å². The van der Waals surface area contributed by atoms with Crippen LogP contribution in [0.25, 0.3) is 0 Å². The Morgan fingerprint density at radius 1 is 1.26 bits per heavy atom. The number of hydrogen-bond acceptors (Lipinski definition) is 4. The summed E-state index contributed by atoms with van der Waals surface area (Å²) in [4.78, 5) is 11.2. The van der Waals surface area contributed by atoms with Crippen molar-refractivity contribution in [3.05, 3.63) is 35.9 Å². The number of methoxy groups -OCH3 is 1. The summed E-state index contributed by atoms with van der Waals surface area (Å²) in [5.74, 6) is -0.822. The molecular weight excluding hydrogens is 266 g/mol. The number of esters is 1. The van der Waals surface area contributed by atoms with E-state index in [0.29, 0.717) is 0 Å². The number of benzene rings is 1. The molecular formula is C13H19NO4S. The van der Waals surface area contributed by atoms with Gasteiger partial charge in [-0.1, -0.05) is 37.3 Å². The molecule has 0 aliphatic rings.